The van der Waals surface area contributed by atoms with Crippen LogP contribution in [0, 0.1) is 17.6 Å². The molecule has 1 aliphatic rings. The molecule has 2 unspecified atom stereocenters. The van der Waals surface area contributed by atoms with E-state index in [2.05, 4.69) is 20.1 Å². The standard InChI is InChI=1S/C38H47ClF2N6O7S/c1-24(48)22-47(37(50)54-38(2,3)4)23-29(45-55(51,52)30-15-12-28(40)13-16-30)14-17-31-32(41)6-5-7-33(31)43-36(49)35(44-46-42)34(26-18-20-53-21-19-26)25-8-10-27(39)11-9-25/h5-13,15-16,24,26,29,34-35,45,48H,14,17-23H2,1-4H3,(H,43,49)/t24-,29?,34-,35?/m0/s1. The lowest BCUT2D eigenvalue weighted by molar-refractivity contribution is -0.118. The molecule has 17 heteroatoms. The predicted octanol–water partition coefficient (Wildman–Crippen LogP) is 7.34. The van der Waals surface area contributed by atoms with Gasteiger partial charge in [0.25, 0.3) is 0 Å². The first kappa shape index (κ1) is 43.4. The Kier molecular flexibility index (Phi) is 15.4. The van der Waals surface area contributed by atoms with E-state index in [4.69, 9.17) is 21.1 Å². The molecule has 0 aromatic heterocycles. The molecule has 0 spiro atoms. The number of halogens is 3. The van der Waals surface area contributed by atoms with Crippen molar-refractivity contribution in [3.63, 3.8) is 0 Å². The van der Waals surface area contributed by atoms with E-state index in [1.807, 2.05) is 0 Å². The summed E-state index contributed by atoms with van der Waals surface area (Å²) in [6.07, 6.45) is -0.887. The van der Waals surface area contributed by atoms with Crippen LogP contribution >= 0.6 is 11.6 Å². The third kappa shape index (κ3) is 12.9. The number of azide groups is 1. The summed E-state index contributed by atoms with van der Waals surface area (Å²) in [4.78, 5) is 31.2. The number of amides is 2. The van der Waals surface area contributed by atoms with Crippen molar-refractivity contribution in [1.29, 1.82) is 0 Å². The van der Waals surface area contributed by atoms with Gasteiger partial charge < -0.3 is 24.8 Å². The highest BCUT2D eigenvalue weighted by Gasteiger charge is 2.37. The number of ether oxygens (including phenoxy) is 2. The van der Waals surface area contributed by atoms with Crippen molar-refractivity contribution in [2.75, 3.05) is 31.6 Å². The largest absolute Gasteiger partial charge is 0.444 e. The molecule has 4 atom stereocenters. The molecule has 0 bridgehead atoms. The fourth-order valence-electron chi connectivity index (χ4n) is 6.49. The van der Waals surface area contributed by atoms with Crippen molar-refractivity contribution in [1.82, 2.24) is 9.62 Å². The van der Waals surface area contributed by atoms with E-state index in [0.29, 0.717) is 31.1 Å². The summed E-state index contributed by atoms with van der Waals surface area (Å²) in [7, 11) is -4.31. The van der Waals surface area contributed by atoms with Crippen molar-refractivity contribution in [3.8, 4) is 0 Å². The van der Waals surface area contributed by atoms with E-state index >= 15 is 4.39 Å². The van der Waals surface area contributed by atoms with Crippen LogP contribution in [0.5, 0.6) is 0 Å². The Morgan fingerprint density at radius 2 is 1.73 bits per heavy atom. The van der Waals surface area contributed by atoms with Gasteiger partial charge in [0, 0.05) is 59.4 Å². The number of aliphatic hydroxyl groups is 1. The monoisotopic (exact) mass is 804 g/mol. The zero-order valence-electron chi connectivity index (χ0n) is 31.1. The molecular formula is C38H47ClF2N6O7S. The molecule has 1 heterocycles. The minimum atomic E-state index is -4.31. The molecule has 1 aliphatic heterocycles. The minimum Gasteiger partial charge on any atom is -0.444 e. The van der Waals surface area contributed by atoms with Crippen LogP contribution in [0.1, 0.15) is 64.0 Å². The molecule has 13 nitrogen and oxygen atoms in total. The number of rotatable bonds is 16. The summed E-state index contributed by atoms with van der Waals surface area (Å²) in [5.74, 6) is -2.69. The Morgan fingerprint density at radius 1 is 1.07 bits per heavy atom. The average molecular weight is 805 g/mol. The second-order valence-corrected chi connectivity index (χ2v) is 16.6. The maximum Gasteiger partial charge on any atom is 0.410 e. The van der Waals surface area contributed by atoms with Crippen LogP contribution in [0.25, 0.3) is 10.4 Å². The first-order chi connectivity index (χ1) is 26.0. The van der Waals surface area contributed by atoms with Crippen LogP contribution in [0.2, 0.25) is 5.02 Å². The summed E-state index contributed by atoms with van der Waals surface area (Å²) >= 11 is 6.15. The smallest absolute Gasteiger partial charge is 0.410 e. The number of aliphatic hydroxyl groups excluding tert-OH is 1. The van der Waals surface area contributed by atoms with E-state index in [-0.39, 0.29) is 48.0 Å². The molecule has 0 saturated carbocycles. The van der Waals surface area contributed by atoms with Crippen molar-refractivity contribution >= 4 is 39.3 Å². The minimum absolute atomic E-state index is 0.0231. The number of hydrogen-bond donors (Lipinski definition) is 3. The van der Waals surface area contributed by atoms with Gasteiger partial charge in [0.15, 0.2) is 0 Å². The van der Waals surface area contributed by atoms with Gasteiger partial charge in [-0.25, -0.2) is 26.7 Å². The number of carbonyl (C=O) groups excluding carboxylic acids is 2. The van der Waals surface area contributed by atoms with Gasteiger partial charge in [-0.1, -0.05) is 34.9 Å². The van der Waals surface area contributed by atoms with Gasteiger partial charge in [-0.15, -0.1) is 0 Å². The number of sulfonamides is 1. The Morgan fingerprint density at radius 3 is 2.33 bits per heavy atom. The van der Waals surface area contributed by atoms with E-state index < -0.39 is 63.4 Å². The fourth-order valence-corrected chi connectivity index (χ4v) is 7.88. The third-order valence-corrected chi connectivity index (χ3v) is 10.7. The fraction of sp³-hybridized carbons (Fsp3) is 0.474. The van der Waals surface area contributed by atoms with Crippen LogP contribution in [-0.4, -0.2) is 80.5 Å². The number of carbonyl (C=O) groups is 2. The molecule has 3 aromatic carbocycles. The number of hydrogen-bond acceptors (Lipinski definition) is 8. The normalized spacial score (nSPS) is 15.9. The Labute approximate surface area is 325 Å². The van der Waals surface area contributed by atoms with Crippen molar-refractivity contribution in [2.24, 2.45) is 11.0 Å². The van der Waals surface area contributed by atoms with Crippen LogP contribution in [0.15, 0.2) is 76.7 Å². The van der Waals surface area contributed by atoms with Crippen LogP contribution < -0.4 is 10.0 Å². The van der Waals surface area contributed by atoms with Gasteiger partial charge in [0.1, 0.15) is 23.3 Å². The van der Waals surface area contributed by atoms with Crippen LogP contribution in [0.3, 0.4) is 0 Å². The first-order valence-corrected chi connectivity index (χ1v) is 19.7. The van der Waals surface area contributed by atoms with E-state index in [1.165, 1.54) is 25.1 Å². The summed E-state index contributed by atoms with van der Waals surface area (Å²) in [5.41, 5.74) is 9.50. The highest BCUT2D eigenvalue weighted by atomic mass is 35.5. The molecule has 4 rings (SSSR count). The van der Waals surface area contributed by atoms with Gasteiger partial charge in [0.05, 0.1) is 11.0 Å². The van der Waals surface area contributed by atoms with E-state index in [0.717, 1.165) is 34.7 Å². The topological polar surface area (TPSA) is 183 Å². The highest BCUT2D eigenvalue weighted by Crippen LogP contribution is 2.38. The van der Waals surface area contributed by atoms with E-state index in [1.54, 1.807) is 45.0 Å². The second kappa shape index (κ2) is 19.5. The Bertz CT molecular complexity index is 1920. The maximum absolute atomic E-state index is 15.7. The molecule has 3 N–H and O–H groups in total. The van der Waals surface area contributed by atoms with E-state index in [9.17, 15) is 33.0 Å². The molecule has 55 heavy (non-hydrogen) atoms. The maximum atomic E-state index is 15.7. The lowest BCUT2D eigenvalue weighted by Gasteiger charge is -2.34. The quantitative estimate of drug-likeness (QED) is 0.0769. The van der Waals surface area contributed by atoms with Crippen molar-refractivity contribution in [2.45, 2.75) is 88.0 Å². The summed E-state index contributed by atoms with van der Waals surface area (Å²) in [6, 6.07) is 12.8. The summed E-state index contributed by atoms with van der Waals surface area (Å²) in [5, 5.41) is 17.4. The zero-order valence-corrected chi connectivity index (χ0v) is 32.7. The summed E-state index contributed by atoms with van der Waals surface area (Å²) in [6.45, 7) is 6.82. The molecule has 298 valence electrons. The number of nitrogens with zero attached hydrogens (tertiary/aromatic N) is 4. The van der Waals surface area contributed by atoms with Gasteiger partial charge in [0.2, 0.25) is 15.9 Å². The molecule has 0 aliphatic carbocycles. The van der Waals surface area contributed by atoms with Crippen molar-refractivity contribution in [3.05, 3.63) is 105 Å². The zero-order chi connectivity index (χ0) is 40.3. The SMILES string of the molecule is C[C@H](O)CN(CC(CCc1c(F)cccc1NC(=O)C(N=[N+]=[N-])[C@@H](c1ccc(Cl)cc1)C1CCOCC1)NS(=O)(=O)c1ccc(F)cc1)C(=O)OC(C)(C)C. The van der Waals surface area contributed by atoms with Gasteiger partial charge in [-0.3, -0.25) is 4.79 Å². The number of nitrogens with one attached hydrogen (secondary N) is 2. The Balaban J connectivity index is 1.66. The number of anilines is 1. The first-order valence-electron chi connectivity index (χ1n) is 17.9. The lowest BCUT2D eigenvalue weighted by Crippen LogP contribution is -2.49. The van der Waals surface area contributed by atoms with Gasteiger partial charge >= 0.3 is 6.09 Å². The number of benzene rings is 3. The molecule has 0 radical (unpaired) electrons. The second-order valence-electron chi connectivity index (χ2n) is 14.5. The van der Waals surface area contributed by atoms with Crippen molar-refractivity contribution < 1.29 is 41.4 Å². The lowest BCUT2D eigenvalue weighted by atomic mass is 9.76. The average Bonchev–Trinajstić information content (AvgIpc) is 3.11. The Hall–Kier alpha value is -4.31. The van der Waals surface area contributed by atoms with Crippen LogP contribution in [-0.2, 0) is 30.7 Å². The van der Waals surface area contributed by atoms with Crippen LogP contribution in [0.4, 0.5) is 19.3 Å². The molecule has 1 saturated heterocycles. The molecule has 1 fully saturated rings. The van der Waals surface area contributed by atoms with Gasteiger partial charge in [-0.05, 0) is 119 Å². The summed E-state index contributed by atoms with van der Waals surface area (Å²) < 4.78 is 70.0. The molecule has 2 amide bonds. The third-order valence-electron chi connectivity index (χ3n) is 8.96. The molecule has 3 aromatic rings. The highest BCUT2D eigenvalue weighted by molar-refractivity contribution is 7.89. The predicted molar refractivity (Wildman–Crippen MR) is 204 cm³/mol. The molecular weight excluding hydrogens is 758 g/mol. The van der Waals surface area contributed by atoms with Gasteiger partial charge in [-0.2, -0.15) is 0 Å².